The predicted octanol–water partition coefficient (Wildman–Crippen LogP) is 2.13. The fourth-order valence-electron chi connectivity index (χ4n) is 1.54. The zero-order valence-corrected chi connectivity index (χ0v) is 11.8. The van der Waals surface area contributed by atoms with Crippen molar-refractivity contribution in [1.82, 2.24) is 5.32 Å². The molecule has 18 heavy (non-hydrogen) atoms. The minimum Gasteiger partial charge on any atom is -0.497 e. The minimum absolute atomic E-state index is 0.0239. The first kappa shape index (κ1) is 14.8. The molecule has 102 valence electrons. The highest BCUT2D eigenvalue weighted by Gasteiger charge is 2.15. The Hall–Kier alpha value is -1.26. The second-order valence-electron chi connectivity index (χ2n) is 5.29. The topological polar surface area (TPSA) is 50.7 Å². The van der Waals surface area contributed by atoms with Crippen molar-refractivity contribution in [3.05, 3.63) is 23.8 Å². The first-order chi connectivity index (χ1) is 8.35. The molecule has 1 aromatic rings. The van der Waals surface area contributed by atoms with Crippen LogP contribution in [0.15, 0.2) is 18.2 Å². The van der Waals surface area contributed by atoms with E-state index in [1.165, 1.54) is 0 Å². The maximum absolute atomic E-state index is 10.2. The summed E-state index contributed by atoms with van der Waals surface area (Å²) in [4.78, 5) is 0. The standard InChI is InChI=1S/C14H23NO3/c1-14(2,3)15-9-13(16)10-6-11(17-4)8-12(7-10)18-5/h6-8,13,15-16H,9H2,1-5H3. The molecular weight excluding hydrogens is 230 g/mol. The summed E-state index contributed by atoms with van der Waals surface area (Å²) in [5, 5.41) is 13.4. The van der Waals surface area contributed by atoms with Gasteiger partial charge in [0.15, 0.2) is 0 Å². The summed E-state index contributed by atoms with van der Waals surface area (Å²) in [7, 11) is 3.19. The van der Waals surface area contributed by atoms with Gasteiger partial charge in [0.25, 0.3) is 0 Å². The van der Waals surface area contributed by atoms with Crippen molar-refractivity contribution >= 4 is 0 Å². The van der Waals surface area contributed by atoms with Gasteiger partial charge in [-0.25, -0.2) is 0 Å². The van der Waals surface area contributed by atoms with Crippen molar-refractivity contribution in [1.29, 1.82) is 0 Å². The summed E-state index contributed by atoms with van der Waals surface area (Å²) in [5.74, 6) is 1.36. The van der Waals surface area contributed by atoms with Gasteiger partial charge in [-0.3, -0.25) is 0 Å². The molecule has 1 rings (SSSR count). The van der Waals surface area contributed by atoms with Gasteiger partial charge in [0.1, 0.15) is 11.5 Å². The lowest BCUT2D eigenvalue weighted by molar-refractivity contribution is 0.162. The zero-order chi connectivity index (χ0) is 13.8. The molecule has 2 N–H and O–H groups in total. The van der Waals surface area contributed by atoms with Crippen LogP contribution in [-0.4, -0.2) is 31.4 Å². The summed E-state index contributed by atoms with van der Waals surface area (Å²) in [6.07, 6.45) is -0.590. The number of nitrogens with one attached hydrogen (secondary N) is 1. The average molecular weight is 253 g/mol. The Balaban J connectivity index is 2.81. The first-order valence-electron chi connectivity index (χ1n) is 6.02. The van der Waals surface area contributed by atoms with Crippen LogP contribution in [0.5, 0.6) is 11.5 Å². The van der Waals surface area contributed by atoms with Gasteiger partial charge in [-0.2, -0.15) is 0 Å². The quantitative estimate of drug-likeness (QED) is 0.844. The van der Waals surface area contributed by atoms with Crippen LogP contribution >= 0.6 is 0 Å². The monoisotopic (exact) mass is 253 g/mol. The van der Waals surface area contributed by atoms with E-state index in [0.717, 1.165) is 5.56 Å². The molecule has 0 saturated carbocycles. The van der Waals surface area contributed by atoms with E-state index in [1.54, 1.807) is 20.3 Å². The molecule has 4 heteroatoms. The van der Waals surface area contributed by atoms with Crippen molar-refractivity contribution in [3.8, 4) is 11.5 Å². The number of methoxy groups -OCH3 is 2. The summed E-state index contributed by atoms with van der Waals surface area (Å²) < 4.78 is 10.4. The number of aliphatic hydroxyl groups is 1. The van der Waals surface area contributed by atoms with Crippen LogP contribution < -0.4 is 14.8 Å². The van der Waals surface area contributed by atoms with Crippen molar-refractivity contribution in [2.45, 2.75) is 32.4 Å². The molecule has 1 unspecified atom stereocenters. The smallest absolute Gasteiger partial charge is 0.122 e. The van der Waals surface area contributed by atoms with Gasteiger partial charge in [-0.05, 0) is 38.5 Å². The van der Waals surface area contributed by atoms with Crippen LogP contribution in [0.1, 0.15) is 32.4 Å². The van der Waals surface area contributed by atoms with E-state index in [1.807, 2.05) is 12.1 Å². The highest BCUT2D eigenvalue weighted by Crippen LogP contribution is 2.26. The Morgan fingerprint density at radius 3 is 2.00 bits per heavy atom. The number of hydrogen-bond acceptors (Lipinski definition) is 4. The van der Waals surface area contributed by atoms with Crippen LogP contribution in [-0.2, 0) is 0 Å². The molecule has 0 saturated heterocycles. The molecule has 0 spiro atoms. The Labute approximate surface area is 109 Å². The highest BCUT2D eigenvalue weighted by molar-refractivity contribution is 5.39. The van der Waals surface area contributed by atoms with E-state index in [-0.39, 0.29) is 5.54 Å². The van der Waals surface area contributed by atoms with Crippen LogP contribution in [0.2, 0.25) is 0 Å². The molecule has 0 amide bonds. The number of β-amino-alcohol motifs (C(OH)–C–C–N with tert-alkyl or cyclic N) is 1. The van der Waals surface area contributed by atoms with Gasteiger partial charge in [0.05, 0.1) is 20.3 Å². The van der Waals surface area contributed by atoms with Crippen molar-refractivity contribution in [2.75, 3.05) is 20.8 Å². The molecule has 1 aromatic carbocycles. The van der Waals surface area contributed by atoms with Crippen LogP contribution in [0.4, 0.5) is 0 Å². The summed E-state index contributed by atoms with van der Waals surface area (Å²) in [5.41, 5.74) is 0.757. The summed E-state index contributed by atoms with van der Waals surface area (Å²) in [6.45, 7) is 6.67. The molecule has 0 aliphatic carbocycles. The third kappa shape index (κ3) is 4.55. The molecular formula is C14H23NO3. The van der Waals surface area contributed by atoms with E-state index < -0.39 is 6.10 Å². The van der Waals surface area contributed by atoms with Gasteiger partial charge in [-0.15, -0.1) is 0 Å². The van der Waals surface area contributed by atoms with E-state index in [4.69, 9.17) is 9.47 Å². The van der Waals surface area contributed by atoms with Gasteiger partial charge < -0.3 is 19.9 Å². The van der Waals surface area contributed by atoms with E-state index in [9.17, 15) is 5.11 Å². The molecule has 0 aliphatic rings. The lowest BCUT2D eigenvalue weighted by Gasteiger charge is -2.23. The highest BCUT2D eigenvalue weighted by atomic mass is 16.5. The SMILES string of the molecule is COc1cc(OC)cc(C(O)CNC(C)(C)C)c1. The van der Waals surface area contributed by atoms with Crippen LogP contribution in [0, 0.1) is 0 Å². The molecule has 0 radical (unpaired) electrons. The minimum atomic E-state index is -0.590. The molecule has 1 atom stereocenters. The number of aliphatic hydroxyl groups excluding tert-OH is 1. The van der Waals surface area contributed by atoms with E-state index in [2.05, 4.69) is 26.1 Å². The first-order valence-corrected chi connectivity index (χ1v) is 6.02. The molecule has 0 aliphatic heterocycles. The summed E-state index contributed by atoms with van der Waals surface area (Å²) in [6, 6.07) is 5.42. The van der Waals surface area contributed by atoms with Crippen molar-refractivity contribution in [3.63, 3.8) is 0 Å². The van der Waals surface area contributed by atoms with Gasteiger partial charge in [-0.1, -0.05) is 0 Å². The number of benzene rings is 1. The zero-order valence-electron chi connectivity index (χ0n) is 11.8. The van der Waals surface area contributed by atoms with E-state index in [0.29, 0.717) is 18.0 Å². The molecule has 0 aromatic heterocycles. The van der Waals surface area contributed by atoms with Gasteiger partial charge >= 0.3 is 0 Å². The molecule has 0 fully saturated rings. The molecule has 0 bridgehead atoms. The fraction of sp³-hybridized carbons (Fsp3) is 0.571. The number of ether oxygens (including phenoxy) is 2. The van der Waals surface area contributed by atoms with Gasteiger partial charge in [0.2, 0.25) is 0 Å². The average Bonchev–Trinajstić information content (AvgIpc) is 2.34. The normalized spacial score (nSPS) is 13.2. The van der Waals surface area contributed by atoms with Crippen molar-refractivity contribution < 1.29 is 14.6 Å². The fourth-order valence-corrected chi connectivity index (χ4v) is 1.54. The maximum Gasteiger partial charge on any atom is 0.122 e. The molecule has 4 nitrogen and oxygen atoms in total. The third-order valence-corrected chi connectivity index (χ3v) is 2.58. The summed E-state index contributed by atoms with van der Waals surface area (Å²) >= 11 is 0. The number of rotatable bonds is 5. The van der Waals surface area contributed by atoms with Crippen LogP contribution in [0.25, 0.3) is 0 Å². The third-order valence-electron chi connectivity index (χ3n) is 2.58. The maximum atomic E-state index is 10.2. The molecule has 0 heterocycles. The largest absolute Gasteiger partial charge is 0.497 e. The Bertz CT molecular complexity index is 363. The second-order valence-corrected chi connectivity index (χ2v) is 5.29. The second kappa shape index (κ2) is 6.07. The predicted molar refractivity (Wildman–Crippen MR) is 72.3 cm³/mol. The van der Waals surface area contributed by atoms with E-state index >= 15 is 0 Å². The lowest BCUT2D eigenvalue weighted by atomic mass is 10.1. The number of hydrogen-bond donors (Lipinski definition) is 2. The Kier molecular flexibility index (Phi) is 4.99. The lowest BCUT2D eigenvalue weighted by Crippen LogP contribution is -2.38. The van der Waals surface area contributed by atoms with Crippen LogP contribution in [0.3, 0.4) is 0 Å². The van der Waals surface area contributed by atoms with Crippen molar-refractivity contribution in [2.24, 2.45) is 0 Å². The Morgan fingerprint density at radius 1 is 1.11 bits per heavy atom. The van der Waals surface area contributed by atoms with Gasteiger partial charge in [0, 0.05) is 18.2 Å². The Morgan fingerprint density at radius 2 is 1.61 bits per heavy atom.